The lowest BCUT2D eigenvalue weighted by atomic mass is 10.1. The quantitative estimate of drug-likeness (QED) is 0.151. The maximum Gasteiger partial charge on any atom is 0.326 e. The number of aromatic amines is 1. The first kappa shape index (κ1) is 25.5. The molecule has 1 aromatic heterocycles. The van der Waals surface area contributed by atoms with E-state index in [1.165, 1.54) is 19.4 Å². The predicted molar refractivity (Wildman–Crippen MR) is 103 cm³/mol. The summed E-state index contributed by atoms with van der Waals surface area (Å²) in [4.78, 5) is 65.3. The van der Waals surface area contributed by atoms with Crippen molar-refractivity contribution in [2.45, 2.75) is 50.4 Å². The molecule has 1 aromatic rings. The molecule has 14 heteroatoms. The van der Waals surface area contributed by atoms with E-state index >= 15 is 0 Å². The van der Waals surface area contributed by atoms with Crippen molar-refractivity contribution in [1.29, 1.82) is 0 Å². The molecular formula is C17H26N6O8. The number of aliphatic hydroxyl groups excluding tert-OH is 1. The summed E-state index contributed by atoms with van der Waals surface area (Å²) in [7, 11) is 0. The van der Waals surface area contributed by atoms with Crippen molar-refractivity contribution in [3.05, 3.63) is 18.2 Å². The summed E-state index contributed by atoms with van der Waals surface area (Å²) in [5.74, 6) is -5.08. The van der Waals surface area contributed by atoms with Crippen molar-refractivity contribution >= 4 is 29.7 Å². The van der Waals surface area contributed by atoms with Gasteiger partial charge in [0.25, 0.3) is 0 Å². The van der Waals surface area contributed by atoms with Gasteiger partial charge in [-0.05, 0) is 13.3 Å². The molecule has 172 valence electrons. The molecular weight excluding hydrogens is 416 g/mol. The Hall–Kier alpha value is -3.52. The van der Waals surface area contributed by atoms with Crippen molar-refractivity contribution in [2.24, 2.45) is 5.73 Å². The summed E-state index contributed by atoms with van der Waals surface area (Å²) in [5, 5.41) is 33.8. The van der Waals surface area contributed by atoms with E-state index < -0.39 is 66.9 Å². The van der Waals surface area contributed by atoms with Crippen molar-refractivity contribution in [3.63, 3.8) is 0 Å². The van der Waals surface area contributed by atoms with Crippen LogP contribution in [-0.2, 0) is 30.4 Å². The summed E-state index contributed by atoms with van der Waals surface area (Å²) < 4.78 is 0. The van der Waals surface area contributed by atoms with E-state index in [4.69, 9.17) is 15.9 Å². The fourth-order valence-corrected chi connectivity index (χ4v) is 2.39. The largest absolute Gasteiger partial charge is 0.481 e. The highest BCUT2D eigenvalue weighted by Crippen LogP contribution is 2.02. The Morgan fingerprint density at radius 2 is 1.71 bits per heavy atom. The third-order valence-electron chi connectivity index (χ3n) is 4.16. The fraction of sp³-hybridized carbons (Fsp3) is 0.529. The van der Waals surface area contributed by atoms with Crippen LogP contribution in [0.25, 0.3) is 0 Å². The molecule has 0 saturated heterocycles. The van der Waals surface area contributed by atoms with Crippen LogP contribution in [0.15, 0.2) is 12.5 Å². The molecule has 14 nitrogen and oxygen atoms in total. The number of imidazole rings is 1. The zero-order chi connectivity index (χ0) is 23.6. The summed E-state index contributed by atoms with van der Waals surface area (Å²) in [6.45, 7) is 0.600. The van der Waals surface area contributed by atoms with E-state index in [1.54, 1.807) is 0 Å². The van der Waals surface area contributed by atoms with Crippen LogP contribution >= 0.6 is 0 Å². The Morgan fingerprint density at radius 3 is 2.23 bits per heavy atom. The van der Waals surface area contributed by atoms with Gasteiger partial charge in [-0.3, -0.25) is 19.2 Å². The standard InChI is InChI=1S/C17H26N6O8/c1-8(14(27)23-12(17(30)31)4-9-5-19-7-20-9)21-16(29)11(2-3-13(25)26)22-15(28)10(18)6-24/h5,7-8,10-12,24H,2-4,6,18H2,1H3,(H,19,20)(H,21,29)(H,22,28)(H,23,27)(H,25,26)(H,30,31). The fourth-order valence-electron chi connectivity index (χ4n) is 2.39. The first-order valence-electron chi connectivity index (χ1n) is 9.24. The zero-order valence-corrected chi connectivity index (χ0v) is 16.7. The van der Waals surface area contributed by atoms with Gasteiger partial charge in [0.15, 0.2) is 0 Å². The molecule has 0 aliphatic carbocycles. The molecule has 0 spiro atoms. The van der Waals surface area contributed by atoms with E-state index in [0.717, 1.165) is 0 Å². The molecule has 4 atom stereocenters. The van der Waals surface area contributed by atoms with Crippen molar-refractivity contribution in [3.8, 4) is 0 Å². The molecule has 0 fully saturated rings. The van der Waals surface area contributed by atoms with Crippen LogP contribution in [0.3, 0.4) is 0 Å². The van der Waals surface area contributed by atoms with E-state index in [2.05, 4.69) is 25.9 Å². The summed E-state index contributed by atoms with van der Waals surface area (Å²) in [6, 6.07) is -5.15. The molecule has 4 unspecified atom stereocenters. The van der Waals surface area contributed by atoms with E-state index in [-0.39, 0.29) is 12.8 Å². The Balaban J connectivity index is 2.75. The number of rotatable bonds is 13. The molecule has 31 heavy (non-hydrogen) atoms. The number of amides is 3. The minimum Gasteiger partial charge on any atom is -0.481 e. The second-order valence-corrected chi connectivity index (χ2v) is 6.69. The van der Waals surface area contributed by atoms with Crippen LogP contribution in [0.2, 0.25) is 0 Å². The van der Waals surface area contributed by atoms with Crippen LogP contribution < -0.4 is 21.7 Å². The third-order valence-corrected chi connectivity index (χ3v) is 4.16. The highest BCUT2D eigenvalue weighted by molar-refractivity contribution is 5.94. The van der Waals surface area contributed by atoms with Gasteiger partial charge in [-0.15, -0.1) is 0 Å². The maximum absolute atomic E-state index is 12.5. The van der Waals surface area contributed by atoms with Gasteiger partial charge in [-0.2, -0.15) is 0 Å². The van der Waals surface area contributed by atoms with Gasteiger partial charge in [0, 0.05) is 24.7 Å². The number of hydrogen-bond donors (Lipinski definition) is 8. The number of aliphatic carboxylic acids is 2. The number of aliphatic hydroxyl groups is 1. The number of nitrogens with one attached hydrogen (secondary N) is 4. The van der Waals surface area contributed by atoms with Crippen molar-refractivity contribution in [2.75, 3.05) is 6.61 Å². The molecule has 0 aliphatic heterocycles. The van der Waals surface area contributed by atoms with Gasteiger partial charge >= 0.3 is 11.9 Å². The number of aromatic nitrogens is 2. The lowest BCUT2D eigenvalue weighted by Gasteiger charge is -2.23. The molecule has 0 saturated carbocycles. The van der Waals surface area contributed by atoms with Crippen LogP contribution in [-0.4, -0.2) is 85.7 Å². The zero-order valence-electron chi connectivity index (χ0n) is 16.7. The smallest absolute Gasteiger partial charge is 0.326 e. The summed E-state index contributed by atoms with van der Waals surface area (Å²) >= 11 is 0. The molecule has 1 heterocycles. The lowest BCUT2D eigenvalue weighted by Crippen LogP contribution is -2.56. The molecule has 0 aromatic carbocycles. The Labute approximate surface area is 176 Å². The van der Waals surface area contributed by atoms with Gasteiger partial charge in [-0.25, -0.2) is 9.78 Å². The first-order chi connectivity index (χ1) is 14.5. The monoisotopic (exact) mass is 442 g/mol. The van der Waals surface area contributed by atoms with Gasteiger partial charge in [0.2, 0.25) is 17.7 Å². The van der Waals surface area contributed by atoms with Crippen LogP contribution in [0.4, 0.5) is 0 Å². The summed E-state index contributed by atoms with van der Waals surface area (Å²) in [6.07, 6.45) is 1.93. The summed E-state index contributed by atoms with van der Waals surface area (Å²) in [5.41, 5.74) is 5.85. The van der Waals surface area contributed by atoms with Crippen molar-refractivity contribution in [1.82, 2.24) is 25.9 Å². The molecule has 9 N–H and O–H groups in total. The van der Waals surface area contributed by atoms with E-state index in [1.807, 2.05) is 0 Å². The number of H-pyrrole nitrogens is 1. The second-order valence-electron chi connectivity index (χ2n) is 6.69. The SMILES string of the molecule is CC(NC(=O)C(CCC(=O)O)NC(=O)C(N)CO)C(=O)NC(Cc1cnc[nH]1)C(=O)O. The van der Waals surface area contributed by atoms with Gasteiger partial charge in [0.1, 0.15) is 24.2 Å². The molecule has 3 amide bonds. The van der Waals surface area contributed by atoms with Crippen LogP contribution in [0.1, 0.15) is 25.5 Å². The third kappa shape index (κ3) is 8.79. The number of carbonyl (C=O) groups excluding carboxylic acids is 3. The number of nitrogens with zero attached hydrogens (tertiary/aromatic N) is 1. The molecule has 1 rings (SSSR count). The van der Waals surface area contributed by atoms with Crippen molar-refractivity contribution < 1.29 is 39.3 Å². The number of carboxylic acid groups (broad SMARTS) is 2. The number of carbonyl (C=O) groups is 5. The molecule has 0 radical (unpaired) electrons. The van der Waals surface area contributed by atoms with Crippen LogP contribution in [0, 0.1) is 0 Å². The average molecular weight is 442 g/mol. The topological polar surface area (TPSA) is 237 Å². The highest BCUT2D eigenvalue weighted by atomic mass is 16.4. The number of hydrogen-bond acceptors (Lipinski definition) is 8. The van der Waals surface area contributed by atoms with Gasteiger partial charge in [-0.1, -0.05) is 0 Å². The van der Waals surface area contributed by atoms with Gasteiger partial charge in [0.05, 0.1) is 12.9 Å². The Morgan fingerprint density at radius 1 is 1.06 bits per heavy atom. The van der Waals surface area contributed by atoms with Gasteiger partial charge < -0.3 is 42.0 Å². The number of nitrogens with two attached hydrogens (primary N) is 1. The highest BCUT2D eigenvalue weighted by Gasteiger charge is 2.28. The Kier molecular flexibility index (Phi) is 10.1. The van der Waals surface area contributed by atoms with E-state index in [0.29, 0.717) is 5.69 Å². The lowest BCUT2D eigenvalue weighted by molar-refractivity contribution is -0.142. The minimum atomic E-state index is -1.34. The Bertz CT molecular complexity index is 784. The minimum absolute atomic E-state index is 0.0713. The molecule has 0 bridgehead atoms. The average Bonchev–Trinajstić information content (AvgIpc) is 3.22. The second kappa shape index (κ2) is 12.2. The normalized spacial score (nSPS) is 14.5. The predicted octanol–water partition coefficient (Wildman–Crippen LogP) is -3.30. The number of carboxylic acids is 2. The molecule has 0 aliphatic rings. The van der Waals surface area contributed by atoms with Crippen LogP contribution in [0.5, 0.6) is 0 Å². The first-order valence-corrected chi connectivity index (χ1v) is 9.24. The maximum atomic E-state index is 12.5. The van der Waals surface area contributed by atoms with E-state index in [9.17, 15) is 29.1 Å².